The van der Waals surface area contributed by atoms with Gasteiger partial charge in [-0.2, -0.15) is 10.5 Å². The molecule has 1 aliphatic heterocycles. The maximum Gasteiger partial charge on any atom is 0.677 e. The van der Waals surface area contributed by atoms with Crippen LogP contribution in [0.3, 0.4) is 0 Å². The highest BCUT2D eigenvalue weighted by Gasteiger charge is 2.34. The number of methoxy groups -OCH3 is 1. The Morgan fingerprint density at radius 3 is 2.36 bits per heavy atom. The SMILES string of the molecule is COc1ccc([N+](=O)[O-])cc1/C(=C1/N=C(C)C(C#N)=C1C)c1c(C)c(C#N)c(C)n1B(F)F. The Hall–Kier alpha value is -4.25. The van der Waals surface area contributed by atoms with Gasteiger partial charge in [0.1, 0.15) is 17.9 Å². The summed E-state index contributed by atoms with van der Waals surface area (Å²) >= 11 is 0. The fraction of sp³-hybridized carbons (Fsp3) is 0.227. The highest BCUT2D eigenvalue weighted by atomic mass is 19.2. The lowest BCUT2D eigenvalue weighted by Crippen LogP contribution is -2.18. The lowest BCUT2D eigenvalue weighted by Gasteiger charge is -2.18. The zero-order valence-electron chi connectivity index (χ0n) is 18.5. The van der Waals surface area contributed by atoms with Crippen molar-refractivity contribution >= 4 is 24.4 Å². The summed E-state index contributed by atoms with van der Waals surface area (Å²) in [6, 6.07) is 7.84. The number of nitriles is 2. The second-order valence-corrected chi connectivity index (χ2v) is 7.37. The second-order valence-electron chi connectivity index (χ2n) is 7.37. The first-order valence-electron chi connectivity index (χ1n) is 9.73. The van der Waals surface area contributed by atoms with Crippen LogP contribution in [0.1, 0.15) is 41.9 Å². The van der Waals surface area contributed by atoms with Crippen molar-refractivity contribution in [2.75, 3.05) is 7.11 Å². The fourth-order valence-electron chi connectivity index (χ4n) is 4.05. The molecule has 3 rings (SSSR count). The van der Waals surface area contributed by atoms with Crippen LogP contribution in [-0.2, 0) is 0 Å². The van der Waals surface area contributed by atoms with Crippen molar-refractivity contribution < 1.29 is 18.3 Å². The molecule has 2 aromatic rings. The third-order valence-corrected chi connectivity index (χ3v) is 5.62. The van der Waals surface area contributed by atoms with Crippen LogP contribution >= 0.6 is 0 Å². The molecule has 166 valence electrons. The number of nitro benzene ring substituents is 1. The molecule has 2 heterocycles. The molecule has 0 N–H and O–H groups in total. The van der Waals surface area contributed by atoms with Gasteiger partial charge >= 0.3 is 7.40 Å². The number of nitrogens with zero attached hydrogens (tertiary/aromatic N) is 5. The van der Waals surface area contributed by atoms with Gasteiger partial charge in [-0.05, 0) is 44.9 Å². The Balaban J connectivity index is 2.62. The third-order valence-electron chi connectivity index (χ3n) is 5.62. The quantitative estimate of drug-likeness (QED) is 0.371. The van der Waals surface area contributed by atoms with Crippen molar-refractivity contribution in [2.24, 2.45) is 4.99 Å². The molecule has 8 nitrogen and oxygen atoms in total. The van der Waals surface area contributed by atoms with Crippen LogP contribution < -0.4 is 4.74 Å². The summed E-state index contributed by atoms with van der Waals surface area (Å²) < 4.78 is 34.7. The van der Waals surface area contributed by atoms with E-state index in [4.69, 9.17) is 4.74 Å². The second kappa shape index (κ2) is 8.71. The first kappa shape index (κ1) is 23.4. The number of aliphatic imine (C=N–C) groups is 1. The summed E-state index contributed by atoms with van der Waals surface area (Å²) in [5, 5.41) is 30.7. The predicted molar refractivity (Wildman–Crippen MR) is 119 cm³/mol. The number of aromatic nitrogens is 1. The van der Waals surface area contributed by atoms with Crippen LogP contribution in [0.15, 0.2) is 40.0 Å². The molecule has 0 atom stereocenters. The minimum absolute atomic E-state index is 0.0251. The molecule has 0 unspecified atom stereocenters. The summed E-state index contributed by atoms with van der Waals surface area (Å²) in [7, 11) is -1.66. The van der Waals surface area contributed by atoms with Crippen molar-refractivity contribution in [1.82, 2.24) is 4.48 Å². The van der Waals surface area contributed by atoms with E-state index in [1.54, 1.807) is 13.8 Å². The highest BCUT2D eigenvalue weighted by molar-refractivity contribution is 6.41. The van der Waals surface area contributed by atoms with Gasteiger partial charge in [-0.25, -0.2) is 0 Å². The molecule has 1 aromatic heterocycles. The Morgan fingerprint density at radius 2 is 1.88 bits per heavy atom. The van der Waals surface area contributed by atoms with E-state index in [0.717, 1.165) is 0 Å². The van der Waals surface area contributed by atoms with Crippen molar-refractivity contribution in [3.8, 4) is 17.9 Å². The van der Waals surface area contributed by atoms with Gasteiger partial charge < -0.3 is 9.21 Å². The number of nitro groups is 1. The molecule has 33 heavy (non-hydrogen) atoms. The number of non-ortho nitro benzene ring substituents is 1. The monoisotopic (exact) mass is 449 g/mol. The van der Waals surface area contributed by atoms with E-state index in [-0.39, 0.29) is 56.4 Å². The van der Waals surface area contributed by atoms with Crippen LogP contribution in [-0.4, -0.2) is 29.6 Å². The predicted octanol–water partition coefficient (Wildman–Crippen LogP) is 4.74. The van der Waals surface area contributed by atoms with E-state index in [2.05, 4.69) is 11.1 Å². The maximum atomic E-state index is 14.3. The summed E-state index contributed by atoms with van der Waals surface area (Å²) in [5.74, 6) is 0.187. The van der Waals surface area contributed by atoms with Crippen molar-refractivity contribution in [3.63, 3.8) is 0 Å². The molecular formula is C22H18BF2N5O3. The Bertz CT molecular complexity index is 1370. The van der Waals surface area contributed by atoms with Gasteiger partial charge in [0.15, 0.2) is 0 Å². The van der Waals surface area contributed by atoms with Gasteiger partial charge in [0.05, 0.1) is 34.6 Å². The van der Waals surface area contributed by atoms with Crippen LogP contribution in [0.25, 0.3) is 5.57 Å². The molecule has 0 saturated carbocycles. The molecular weight excluding hydrogens is 431 g/mol. The van der Waals surface area contributed by atoms with Crippen LogP contribution in [0.4, 0.5) is 14.3 Å². The first-order chi connectivity index (χ1) is 15.6. The minimum atomic E-state index is -3.01. The van der Waals surface area contributed by atoms with Crippen LogP contribution in [0.2, 0.25) is 0 Å². The Labute approximate surface area is 189 Å². The number of benzene rings is 1. The molecule has 1 aliphatic rings. The molecule has 0 amide bonds. The topological polar surface area (TPSA) is 117 Å². The van der Waals surface area contributed by atoms with Gasteiger partial charge in [0, 0.05) is 34.7 Å². The number of allylic oxidation sites excluding steroid dienone is 2. The van der Waals surface area contributed by atoms with Crippen molar-refractivity contribution in [3.05, 3.63) is 73.2 Å². The fourth-order valence-corrected chi connectivity index (χ4v) is 4.05. The molecule has 0 saturated heterocycles. The van der Waals surface area contributed by atoms with E-state index >= 15 is 0 Å². The summed E-state index contributed by atoms with van der Waals surface area (Å²) in [6.07, 6.45) is 0. The molecule has 1 aromatic carbocycles. The van der Waals surface area contributed by atoms with Crippen LogP contribution in [0, 0.1) is 46.6 Å². The zero-order valence-corrected chi connectivity index (χ0v) is 18.5. The number of hydrogen-bond donors (Lipinski definition) is 0. The Kier molecular flexibility index (Phi) is 6.18. The van der Waals surface area contributed by atoms with E-state index < -0.39 is 12.3 Å². The molecule has 0 bridgehead atoms. The van der Waals surface area contributed by atoms with Gasteiger partial charge in [0.25, 0.3) is 5.69 Å². The van der Waals surface area contributed by atoms with Crippen molar-refractivity contribution in [1.29, 1.82) is 10.5 Å². The number of hydrogen-bond acceptors (Lipinski definition) is 6. The normalized spacial score (nSPS) is 14.5. The zero-order chi connectivity index (χ0) is 24.6. The van der Waals surface area contributed by atoms with E-state index in [0.29, 0.717) is 15.8 Å². The van der Waals surface area contributed by atoms with Crippen LogP contribution in [0.5, 0.6) is 5.75 Å². The highest BCUT2D eigenvalue weighted by Crippen LogP contribution is 2.43. The summed E-state index contributed by atoms with van der Waals surface area (Å²) in [5.41, 5.74) is 1.61. The van der Waals surface area contributed by atoms with Gasteiger partial charge in [0.2, 0.25) is 0 Å². The van der Waals surface area contributed by atoms with E-state index in [9.17, 15) is 29.3 Å². The molecule has 0 radical (unpaired) electrons. The van der Waals surface area contributed by atoms with Gasteiger partial charge in [-0.3, -0.25) is 23.7 Å². The van der Waals surface area contributed by atoms with E-state index in [1.165, 1.54) is 39.2 Å². The minimum Gasteiger partial charge on any atom is -0.496 e. The third kappa shape index (κ3) is 3.68. The standard InChI is InChI=1S/C22H18BF2N5O3/c1-11-17(9-26)13(3)28-21(11)20(16-8-15(30(31)32)6-7-19(16)33-5)22-12(2)18(10-27)14(4)29(22)23(24)25/h6-8H,1-5H3/b21-20-. The average molecular weight is 449 g/mol. The largest absolute Gasteiger partial charge is 0.677 e. The molecule has 11 heteroatoms. The number of halogens is 2. The smallest absolute Gasteiger partial charge is 0.496 e. The lowest BCUT2D eigenvalue weighted by molar-refractivity contribution is -0.384. The van der Waals surface area contributed by atoms with Gasteiger partial charge in [-0.1, -0.05) is 0 Å². The number of rotatable bonds is 5. The van der Waals surface area contributed by atoms with E-state index in [1.807, 2.05) is 6.07 Å². The van der Waals surface area contributed by atoms with Gasteiger partial charge in [-0.15, -0.1) is 0 Å². The number of ether oxygens (including phenoxy) is 1. The average Bonchev–Trinajstić information content (AvgIpc) is 3.19. The summed E-state index contributed by atoms with van der Waals surface area (Å²) in [4.78, 5) is 15.4. The lowest BCUT2D eigenvalue weighted by atomic mass is 9.92. The van der Waals surface area contributed by atoms with Crippen molar-refractivity contribution in [2.45, 2.75) is 27.7 Å². The Morgan fingerprint density at radius 1 is 1.21 bits per heavy atom. The summed E-state index contributed by atoms with van der Waals surface area (Å²) in [6.45, 7) is 6.17. The maximum absolute atomic E-state index is 14.3. The molecule has 0 spiro atoms. The molecule has 0 aliphatic carbocycles. The first-order valence-corrected chi connectivity index (χ1v) is 9.73. The molecule has 0 fully saturated rings.